The van der Waals surface area contributed by atoms with E-state index in [0.29, 0.717) is 23.9 Å². The van der Waals surface area contributed by atoms with Crippen molar-refractivity contribution in [2.24, 2.45) is 0 Å². The van der Waals surface area contributed by atoms with Crippen LogP contribution in [-0.4, -0.2) is 61.5 Å². The van der Waals surface area contributed by atoms with Crippen molar-refractivity contribution in [3.05, 3.63) is 0 Å². The second kappa shape index (κ2) is 16.0. The number of carbonyl (C=O) groups excluding carboxylic acids is 2. The molecule has 0 atom stereocenters. The third-order valence-electron chi connectivity index (χ3n) is 3.92. The largest absolute Gasteiger partial charge is 0.394 e. The summed E-state index contributed by atoms with van der Waals surface area (Å²) in [6.45, 7) is 2.70. The van der Waals surface area contributed by atoms with Crippen LogP contribution in [0.5, 0.6) is 0 Å². The van der Waals surface area contributed by atoms with Crippen LogP contribution in [0.2, 0.25) is 0 Å². The number of hydrogen-bond donors (Lipinski definition) is 3. The predicted octanol–water partition coefficient (Wildman–Crippen LogP) is 2.99. The molecule has 27 heavy (non-hydrogen) atoms. The Labute approximate surface area is 164 Å². The van der Waals surface area contributed by atoms with Crippen LogP contribution < -0.4 is 5.32 Å². The highest BCUT2D eigenvalue weighted by atomic mass is 32.3. The molecule has 162 valence electrons. The second-order valence-corrected chi connectivity index (χ2v) is 8.43. The van der Waals surface area contributed by atoms with Gasteiger partial charge in [0.25, 0.3) is 0 Å². The zero-order valence-electron chi connectivity index (χ0n) is 17.4. The summed E-state index contributed by atoms with van der Waals surface area (Å²) in [5.41, 5.74) is 0. The maximum Gasteiger partial charge on any atom is 0.394 e. The number of hydrogen-bond acceptors (Lipinski definition) is 4. The number of nitrogens with one attached hydrogen (secondary N) is 1. The predicted molar refractivity (Wildman–Crippen MR) is 107 cm³/mol. The van der Waals surface area contributed by atoms with Gasteiger partial charge in [0.2, 0.25) is 5.91 Å². The minimum Gasteiger partial charge on any atom is -0.355 e. The number of rotatable bonds is 13. The molecule has 3 N–H and O–H groups in total. The molecule has 0 aliphatic heterocycles. The number of amides is 2. The fourth-order valence-corrected chi connectivity index (χ4v) is 2.33. The Balaban J connectivity index is 0. The van der Waals surface area contributed by atoms with E-state index in [9.17, 15) is 9.59 Å². The van der Waals surface area contributed by atoms with Gasteiger partial charge in [-0.25, -0.2) is 4.79 Å². The standard InChI is InChI=1S/C18H36N2O2.H2O4S/c1-5-6-7-8-9-10-11-12-13-14-17(21)19-16-15-18(22)20(2,3)4;1-5(2,3)4/h5-16H2,1-4H3;(H2,1,2,3,4)/p+1. The van der Waals surface area contributed by atoms with Gasteiger partial charge in [0.1, 0.15) is 0 Å². The van der Waals surface area contributed by atoms with Gasteiger partial charge in [-0.3, -0.25) is 18.4 Å². The van der Waals surface area contributed by atoms with E-state index in [-0.39, 0.29) is 11.8 Å². The quantitative estimate of drug-likeness (QED) is 0.243. The Morgan fingerprint density at radius 2 is 1.22 bits per heavy atom. The highest BCUT2D eigenvalue weighted by molar-refractivity contribution is 7.79. The van der Waals surface area contributed by atoms with Crippen molar-refractivity contribution in [1.29, 1.82) is 0 Å². The maximum absolute atomic E-state index is 11.7. The van der Waals surface area contributed by atoms with Crippen LogP contribution in [0.15, 0.2) is 0 Å². The van der Waals surface area contributed by atoms with Crippen molar-refractivity contribution in [2.45, 2.75) is 77.6 Å². The van der Waals surface area contributed by atoms with E-state index >= 15 is 0 Å². The zero-order valence-corrected chi connectivity index (χ0v) is 18.2. The number of unbranched alkanes of at least 4 members (excludes halogenated alkanes) is 8. The van der Waals surface area contributed by atoms with Crippen molar-refractivity contribution >= 4 is 22.2 Å². The summed E-state index contributed by atoms with van der Waals surface area (Å²) in [4.78, 5) is 23.3. The Kier molecular flexibility index (Phi) is 16.7. The van der Waals surface area contributed by atoms with Crippen LogP contribution in [0.25, 0.3) is 0 Å². The van der Waals surface area contributed by atoms with Gasteiger partial charge in [-0.2, -0.15) is 8.42 Å². The maximum atomic E-state index is 11.7. The fourth-order valence-electron chi connectivity index (χ4n) is 2.33. The lowest BCUT2D eigenvalue weighted by Gasteiger charge is -2.20. The van der Waals surface area contributed by atoms with Gasteiger partial charge in [0.05, 0.1) is 27.6 Å². The number of quaternary nitrogens is 1. The molecular formula is C18H39N2O6S+. The molecular weight excluding hydrogens is 372 g/mol. The molecule has 8 nitrogen and oxygen atoms in total. The second-order valence-electron chi connectivity index (χ2n) is 7.53. The van der Waals surface area contributed by atoms with E-state index in [1.807, 2.05) is 21.1 Å². The molecule has 0 aromatic carbocycles. The first kappa shape index (κ1) is 28.2. The molecule has 0 rings (SSSR count). The summed E-state index contributed by atoms with van der Waals surface area (Å²) < 4.78 is 31.9. The van der Waals surface area contributed by atoms with E-state index in [1.165, 1.54) is 44.9 Å². The average molecular weight is 412 g/mol. The van der Waals surface area contributed by atoms with Gasteiger partial charge in [-0.1, -0.05) is 58.3 Å². The Morgan fingerprint density at radius 3 is 1.63 bits per heavy atom. The van der Waals surface area contributed by atoms with Crippen molar-refractivity contribution in [3.8, 4) is 0 Å². The molecule has 0 radical (unpaired) electrons. The van der Waals surface area contributed by atoms with Crippen molar-refractivity contribution < 1.29 is 31.6 Å². The number of nitrogens with zero attached hydrogens (tertiary/aromatic N) is 1. The molecule has 0 fully saturated rings. The van der Waals surface area contributed by atoms with Crippen LogP contribution in [-0.2, 0) is 20.0 Å². The van der Waals surface area contributed by atoms with Gasteiger partial charge < -0.3 is 5.32 Å². The summed E-state index contributed by atoms with van der Waals surface area (Å²) in [7, 11) is 0.894. The molecule has 0 aromatic heterocycles. The van der Waals surface area contributed by atoms with Crippen LogP contribution >= 0.6 is 0 Å². The lowest BCUT2D eigenvalue weighted by atomic mass is 10.1. The summed E-state index contributed by atoms with van der Waals surface area (Å²) >= 11 is 0. The topological polar surface area (TPSA) is 121 Å². The zero-order chi connectivity index (χ0) is 21.3. The van der Waals surface area contributed by atoms with Crippen molar-refractivity contribution in [1.82, 2.24) is 5.32 Å². The summed E-state index contributed by atoms with van der Waals surface area (Å²) in [6, 6.07) is 0. The Bertz CT molecular complexity index is 492. The van der Waals surface area contributed by atoms with Gasteiger partial charge in [-0.15, -0.1) is 0 Å². The highest BCUT2D eigenvalue weighted by Gasteiger charge is 2.19. The molecule has 9 heteroatoms. The van der Waals surface area contributed by atoms with Crippen molar-refractivity contribution in [2.75, 3.05) is 27.7 Å². The monoisotopic (exact) mass is 411 g/mol. The van der Waals surface area contributed by atoms with Crippen LogP contribution in [0.3, 0.4) is 0 Å². The smallest absolute Gasteiger partial charge is 0.355 e. The molecule has 0 spiro atoms. The van der Waals surface area contributed by atoms with E-state index in [1.54, 1.807) is 0 Å². The molecule has 0 heterocycles. The minimum atomic E-state index is -4.67. The van der Waals surface area contributed by atoms with Crippen molar-refractivity contribution in [3.63, 3.8) is 0 Å². The third kappa shape index (κ3) is 27.3. The molecule has 0 aromatic rings. The summed E-state index contributed by atoms with van der Waals surface area (Å²) in [5, 5.41) is 2.84. The molecule has 0 saturated carbocycles. The normalized spacial score (nSPS) is 11.5. The molecule has 0 saturated heterocycles. The lowest BCUT2D eigenvalue weighted by molar-refractivity contribution is -0.792. The summed E-state index contributed by atoms with van der Waals surface area (Å²) in [5.74, 6) is 0.223. The van der Waals surface area contributed by atoms with Crippen LogP contribution in [0, 0.1) is 0 Å². The van der Waals surface area contributed by atoms with Gasteiger partial charge in [-0.05, 0) is 6.42 Å². The van der Waals surface area contributed by atoms with Gasteiger partial charge in [0, 0.05) is 13.0 Å². The minimum absolute atomic E-state index is 0.0807. The Hall–Kier alpha value is -1.03. The number of carbonyl (C=O) groups is 2. The SMILES string of the molecule is CCCCCCCCCCCC(=O)NCCC(=O)[N+](C)(C)C.O=S(=O)(O)O. The fraction of sp³-hybridized carbons (Fsp3) is 0.889. The lowest BCUT2D eigenvalue weighted by Crippen LogP contribution is -2.42. The van der Waals surface area contributed by atoms with Gasteiger partial charge >= 0.3 is 16.3 Å². The summed E-state index contributed by atoms with van der Waals surface area (Å²) in [6.07, 6.45) is 12.3. The van der Waals surface area contributed by atoms with Crippen LogP contribution in [0.1, 0.15) is 77.6 Å². The highest BCUT2D eigenvalue weighted by Crippen LogP contribution is 2.10. The first-order valence-electron chi connectivity index (χ1n) is 9.69. The third-order valence-corrected chi connectivity index (χ3v) is 3.92. The molecule has 0 aliphatic rings. The molecule has 0 aliphatic carbocycles. The van der Waals surface area contributed by atoms with E-state index in [4.69, 9.17) is 17.5 Å². The first-order valence-corrected chi connectivity index (χ1v) is 11.1. The molecule has 0 bridgehead atoms. The Morgan fingerprint density at radius 1 is 0.815 bits per heavy atom. The molecule has 2 amide bonds. The average Bonchev–Trinajstić information content (AvgIpc) is 2.50. The first-order chi connectivity index (χ1) is 12.4. The van der Waals surface area contributed by atoms with Crippen LogP contribution in [0.4, 0.5) is 0 Å². The van der Waals surface area contributed by atoms with E-state index in [2.05, 4.69) is 12.2 Å². The van der Waals surface area contributed by atoms with E-state index in [0.717, 1.165) is 12.8 Å². The van der Waals surface area contributed by atoms with E-state index < -0.39 is 10.4 Å². The van der Waals surface area contributed by atoms with Gasteiger partial charge in [0.15, 0.2) is 0 Å². The molecule has 0 unspecified atom stereocenters.